The number of anilines is 2. The Balaban J connectivity index is 1.76. The molecule has 6 heteroatoms. The SMILES string of the molecule is Cc1c(Br)ccc(NC(=O)[C@@H]2CC(=O)N(c3ccccc3Cl)C2)c1C. The molecule has 1 saturated heterocycles. The fourth-order valence-corrected chi connectivity index (χ4v) is 3.61. The molecule has 0 bridgehead atoms. The third-order valence-electron chi connectivity index (χ3n) is 4.62. The van der Waals surface area contributed by atoms with Crippen LogP contribution < -0.4 is 10.2 Å². The number of hydrogen-bond acceptors (Lipinski definition) is 2. The minimum atomic E-state index is -0.396. The van der Waals surface area contributed by atoms with Gasteiger partial charge in [0.25, 0.3) is 0 Å². The summed E-state index contributed by atoms with van der Waals surface area (Å²) in [6.07, 6.45) is 0.186. The molecule has 0 spiro atoms. The van der Waals surface area contributed by atoms with Gasteiger partial charge in [-0.05, 0) is 49.2 Å². The number of benzene rings is 2. The molecule has 0 aliphatic carbocycles. The molecule has 1 aliphatic rings. The van der Waals surface area contributed by atoms with Crippen molar-refractivity contribution in [2.45, 2.75) is 20.3 Å². The van der Waals surface area contributed by atoms with E-state index in [1.807, 2.05) is 38.1 Å². The molecule has 25 heavy (non-hydrogen) atoms. The van der Waals surface area contributed by atoms with Crippen LogP contribution in [0.1, 0.15) is 17.5 Å². The van der Waals surface area contributed by atoms with Gasteiger partial charge in [-0.15, -0.1) is 0 Å². The average molecular weight is 422 g/mol. The third kappa shape index (κ3) is 3.58. The highest BCUT2D eigenvalue weighted by molar-refractivity contribution is 9.10. The van der Waals surface area contributed by atoms with E-state index in [-0.39, 0.29) is 18.2 Å². The molecule has 3 rings (SSSR count). The van der Waals surface area contributed by atoms with Crippen LogP contribution in [0.3, 0.4) is 0 Å². The van der Waals surface area contributed by atoms with Crippen LogP contribution >= 0.6 is 27.5 Å². The highest BCUT2D eigenvalue weighted by Crippen LogP contribution is 2.32. The first-order valence-electron chi connectivity index (χ1n) is 8.00. The molecule has 0 saturated carbocycles. The molecule has 1 aliphatic heterocycles. The van der Waals surface area contributed by atoms with Crippen molar-refractivity contribution in [3.8, 4) is 0 Å². The molecule has 0 radical (unpaired) electrons. The molecule has 2 amide bonds. The first kappa shape index (κ1) is 18.0. The Kier molecular flexibility index (Phi) is 5.16. The number of hydrogen-bond donors (Lipinski definition) is 1. The van der Waals surface area contributed by atoms with Crippen molar-refractivity contribution in [1.29, 1.82) is 0 Å². The normalized spacial score (nSPS) is 17.0. The number of halogens is 2. The first-order chi connectivity index (χ1) is 11.9. The second-order valence-corrected chi connectivity index (χ2v) is 7.45. The molecule has 4 nitrogen and oxygen atoms in total. The quantitative estimate of drug-likeness (QED) is 0.780. The van der Waals surface area contributed by atoms with E-state index < -0.39 is 5.92 Å². The van der Waals surface area contributed by atoms with Gasteiger partial charge in [-0.1, -0.05) is 39.7 Å². The van der Waals surface area contributed by atoms with Gasteiger partial charge >= 0.3 is 0 Å². The van der Waals surface area contributed by atoms with Gasteiger partial charge in [0.15, 0.2) is 0 Å². The van der Waals surface area contributed by atoms with Crippen LogP contribution in [0.5, 0.6) is 0 Å². The van der Waals surface area contributed by atoms with E-state index in [1.54, 1.807) is 17.0 Å². The Hall–Kier alpha value is -1.85. The van der Waals surface area contributed by atoms with Gasteiger partial charge in [-0.3, -0.25) is 9.59 Å². The van der Waals surface area contributed by atoms with Gasteiger partial charge in [-0.25, -0.2) is 0 Å². The van der Waals surface area contributed by atoms with Gasteiger partial charge in [-0.2, -0.15) is 0 Å². The van der Waals surface area contributed by atoms with Gasteiger partial charge in [0.1, 0.15) is 0 Å². The maximum absolute atomic E-state index is 12.6. The fraction of sp³-hybridized carbons (Fsp3) is 0.263. The molecule has 2 aromatic carbocycles. The van der Waals surface area contributed by atoms with Crippen LogP contribution in [0.2, 0.25) is 5.02 Å². The van der Waals surface area contributed by atoms with Crippen LogP contribution in [0, 0.1) is 19.8 Å². The Morgan fingerprint density at radius 3 is 2.64 bits per heavy atom. The molecule has 130 valence electrons. The lowest BCUT2D eigenvalue weighted by molar-refractivity contribution is -0.122. The minimum absolute atomic E-state index is 0.0861. The molecule has 0 aromatic heterocycles. The van der Waals surface area contributed by atoms with Crippen molar-refractivity contribution >= 4 is 50.7 Å². The largest absolute Gasteiger partial charge is 0.326 e. The van der Waals surface area contributed by atoms with E-state index in [0.717, 1.165) is 21.3 Å². The third-order valence-corrected chi connectivity index (χ3v) is 5.80. The van der Waals surface area contributed by atoms with Crippen LogP contribution in [0.4, 0.5) is 11.4 Å². The maximum atomic E-state index is 12.6. The van der Waals surface area contributed by atoms with Crippen molar-refractivity contribution in [2.75, 3.05) is 16.8 Å². The summed E-state index contributed by atoms with van der Waals surface area (Å²) in [4.78, 5) is 26.6. The zero-order chi connectivity index (χ0) is 18.1. The molecule has 1 N–H and O–H groups in total. The standard InChI is InChI=1S/C19H18BrClN2O2/c1-11-12(2)16(8-7-14(11)20)22-19(25)13-9-18(24)23(10-13)17-6-4-3-5-15(17)21/h3-8,13H,9-10H2,1-2H3,(H,22,25)/t13-/m1/s1. The van der Waals surface area contributed by atoms with Crippen LogP contribution in [-0.4, -0.2) is 18.4 Å². The summed E-state index contributed by atoms with van der Waals surface area (Å²) in [6, 6.07) is 11.0. The number of para-hydroxylation sites is 1. The first-order valence-corrected chi connectivity index (χ1v) is 9.17. The molecule has 0 unspecified atom stereocenters. The van der Waals surface area contributed by atoms with Crippen molar-refractivity contribution in [1.82, 2.24) is 0 Å². The second-order valence-electron chi connectivity index (χ2n) is 6.19. The smallest absolute Gasteiger partial charge is 0.229 e. The Morgan fingerprint density at radius 1 is 1.20 bits per heavy atom. The topological polar surface area (TPSA) is 49.4 Å². The number of nitrogens with zero attached hydrogens (tertiary/aromatic N) is 1. The van der Waals surface area contributed by atoms with Crippen molar-refractivity contribution in [2.24, 2.45) is 5.92 Å². The molecular weight excluding hydrogens is 404 g/mol. The lowest BCUT2D eigenvalue weighted by Gasteiger charge is -2.18. The Morgan fingerprint density at radius 2 is 1.92 bits per heavy atom. The van der Waals surface area contributed by atoms with E-state index in [9.17, 15) is 9.59 Å². The lowest BCUT2D eigenvalue weighted by atomic mass is 10.1. The van der Waals surface area contributed by atoms with E-state index in [4.69, 9.17) is 11.6 Å². The fourth-order valence-electron chi connectivity index (χ4n) is 2.94. The number of carbonyl (C=O) groups excluding carboxylic acids is 2. The number of carbonyl (C=O) groups is 2. The van der Waals surface area contributed by atoms with Gasteiger partial charge in [0, 0.05) is 23.1 Å². The number of rotatable bonds is 3. The Labute approximate surface area is 160 Å². The summed E-state index contributed by atoms with van der Waals surface area (Å²) in [6.45, 7) is 4.29. The van der Waals surface area contributed by atoms with E-state index in [1.165, 1.54) is 0 Å². The van der Waals surface area contributed by atoms with E-state index >= 15 is 0 Å². The van der Waals surface area contributed by atoms with Crippen LogP contribution in [0.25, 0.3) is 0 Å². The molecule has 1 heterocycles. The lowest BCUT2D eigenvalue weighted by Crippen LogP contribution is -2.28. The summed E-state index contributed by atoms with van der Waals surface area (Å²) in [5.41, 5.74) is 3.52. The zero-order valence-corrected chi connectivity index (χ0v) is 16.3. The number of nitrogens with one attached hydrogen (secondary N) is 1. The van der Waals surface area contributed by atoms with Gasteiger partial charge in [0.2, 0.25) is 11.8 Å². The minimum Gasteiger partial charge on any atom is -0.326 e. The second kappa shape index (κ2) is 7.18. The van der Waals surface area contributed by atoms with Crippen molar-refractivity contribution in [3.63, 3.8) is 0 Å². The van der Waals surface area contributed by atoms with E-state index in [2.05, 4.69) is 21.2 Å². The van der Waals surface area contributed by atoms with Crippen LogP contribution in [0.15, 0.2) is 40.9 Å². The summed E-state index contributed by atoms with van der Waals surface area (Å²) in [5.74, 6) is -0.628. The predicted octanol–water partition coefficient (Wildman–Crippen LogP) is 4.71. The monoisotopic (exact) mass is 420 g/mol. The highest BCUT2D eigenvalue weighted by atomic mass is 79.9. The molecule has 2 aromatic rings. The summed E-state index contributed by atoms with van der Waals surface area (Å²) < 4.78 is 1.00. The molecule has 1 atom stereocenters. The highest BCUT2D eigenvalue weighted by Gasteiger charge is 2.36. The van der Waals surface area contributed by atoms with Gasteiger partial charge < -0.3 is 10.2 Å². The number of amides is 2. The molecule has 1 fully saturated rings. The van der Waals surface area contributed by atoms with E-state index in [0.29, 0.717) is 17.3 Å². The maximum Gasteiger partial charge on any atom is 0.229 e. The van der Waals surface area contributed by atoms with Gasteiger partial charge in [0.05, 0.1) is 16.6 Å². The predicted molar refractivity (Wildman–Crippen MR) is 104 cm³/mol. The average Bonchev–Trinajstić information content (AvgIpc) is 2.97. The van der Waals surface area contributed by atoms with Crippen LogP contribution in [-0.2, 0) is 9.59 Å². The Bertz CT molecular complexity index is 853. The summed E-state index contributed by atoms with van der Waals surface area (Å²) in [5, 5.41) is 3.47. The molecular formula is C19H18BrClN2O2. The summed E-state index contributed by atoms with van der Waals surface area (Å²) in [7, 11) is 0. The summed E-state index contributed by atoms with van der Waals surface area (Å²) >= 11 is 9.67. The van der Waals surface area contributed by atoms with Crippen molar-refractivity contribution in [3.05, 3.63) is 57.0 Å². The van der Waals surface area contributed by atoms with Crippen molar-refractivity contribution < 1.29 is 9.59 Å². The zero-order valence-electron chi connectivity index (χ0n) is 14.0.